The van der Waals surface area contributed by atoms with Gasteiger partial charge in [0.25, 0.3) is 0 Å². The van der Waals surface area contributed by atoms with E-state index >= 15 is 0 Å². The number of hydroxylamine groups is 2. The van der Waals surface area contributed by atoms with Crippen LogP contribution in [0.3, 0.4) is 0 Å². The topological polar surface area (TPSA) is 38.2 Å². The van der Waals surface area contributed by atoms with E-state index in [9.17, 15) is 0 Å². The average molecular weight is 207 g/mol. The molecule has 1 aromatic heterocycles. The molecule has 0 unspecified atom stereocenters. The first-order chi connectivity index (χ1) is 6.92. The van der Waals surface area contributed by atoms with Crippen molar-refractivity contribution in [3.05, 3.63) is 23.8 Å². The summed E-state index contributed by atoms with van der Waals surface area (Å²) in [6.45, 7) is 8.38. The normalized spacial score (nSPS) is 22.7. The van der Waals surface area contributed by atoms with Crippen molar-refractivity contribution < 1.29 is 4.84 Å². The number of fused-ring (bicyclic) bond motifs is 1. The van der Waals surface area contributed by atoms with E-state index in [4.69, 9.17) is 4.84 Å². The number of nitrogens with zero attached hydrogens (tertiary/aromatic N) is 3. The van der Waals surface area contributed by atoms with Crippen molar-refractivity contribution in [2.75, 3.05) is 7.11 Å². The lowest BCUT2D eigenvalue weighted by molar-refractivity contribution is -0.242. The monoisotopic (exact) mass is 207 g/mol. The largest absolute Gasteiger partial charge is 0.300 e. The van der Waals surface area contributed by atoms with Gasteiger partial charge in [0, 0.05) is 12.4 Å². The van der Waals surface area contributed by atoms with E-state index in [1.165, 1.54) is 0 Å². The summed E-state index contributed by atoms with van der Waals surface area (Å²) in [4.78, 5) is 14.3. The molecule has 1 aliphatic heterocycles. The molecule has 0 atom stereocenters. The first kappa shape index (κ1) is 10.5. The first-order valence-corrected chi connectivity index (χ1v) is 5.08. The van der Waals surface area contributed by atoms with E-state index in [0.29, 0.717) is 0 Å². The maximum absolute atomic E-state index is 5.48. The Morgan fingerprint density at radius 3 is 1.73 bits per heavy atom. The van der Waals surface area contributed by atoms with Crippen LogP contribution < -0.4 is 0 Å². The number of aromatic nitrogens is 2. The zero-order valence-corrected chi connectivity index (χ0v) is 9.90. The predicted octanol–water partition coefficient (Wildman–Crippen LogP) is 1.82. The van der Waals surface area contributed by atoms with Crippen LogP contribution in [0.2, 0.25) is 0 Å². The van der Waals surface area contributed by atoms with Gasteiger partial charge in [-0.15, -0.1) is 0 Å². The Kier molecular flexibility index (Phi) is 2.10. The van der Waals surface area contributed by atoms with Crippen LogP contribution in [0.4, 0.5) is 0 Å². The smallest absolute Gasteiger partial charge is 0.0859 e. The van der Waals surface area contributed by atoms with Gasteiger partial charge in [-0.05, 0) is 27.7 Å². The second-order valence-electron chi connectivity index (χ2n) is 4.85. The van der Waals surface area contributed by atoms with Crippen LogP contribution in [0.1, 0.15) is 39.1 Å². The van der Waals surface area contributed by atoms with E-state index in [-0.39, 0.29) is 11.1 Å². The highest BCUT2D eigenvalue weighted by Crippen LogP contribution is 2.46. The van der Waals surface area contributed by atoms with Crippen LogP contribution in [0.15, 0.2) is 12.4 Å². The summed E-state index contributed by atoms with van der Waals surface area (Å²) in [6, 6.07) is 0. The van der Waals surface area contributed by atoms with Gasteiger partial charge in [0.05, 0.1) is 29.6 Å². The van der Waals surface area contributed by atoms with Crippen LogP contribution in [0.25, 0.3) is 0 Å². The minimum atomic E-state index is -0.234. The van der Waals surface area contributed by atoms with Crippen LogP contribution in [-0.2, 0) is 15.9 Å². The van der Waals surface area contributed by atoms with E-state index < -0.39 is 0 Å². The summed E-state index contributed by atoms with van der Waals surface area (Å²) in [5.74, 6) is 0. The molecule has 0 radical (unpaired) electrons. The summed E-state index contributed by atoms with van der Waals surface area (Å²) in [5.41, 5.74) is 1.53. The second-order valence-corrected chi connectivity index (χ2v) is 4.85. The predicted molar refractivity (Wildman–Crippen MR) is 56.9 cm³/mol. The highest BCUT2D eigenvalue weighted by Gasteiger charge is 2.52. The van der Waals surface area contributed by atoms with Gasteiger partial charge in [-0.2, -0.15) is 5.06 Å². The molecule has 1 aliphatic rings. The Bertz CT molecular complexity index is 352. The minimum absolute atomic E-state index is 0.234. The third-order valence-corrected chi connectivity index (χ3v) is 3.06. The third-order valence-electron chi connectivity index (χ3n) is 3.06. The fourth-order valence-corrected chi connectivity index (χ4v) is 2.58. The lowest BCUT2D eigenvalue weighted by Gasteiger charge is -2.37. The summed E-state index contributed by atoms with van der Waals surface area (Å²) < 4.78 is 0. The second kappa shape index (κ2) is 3.00. The van der Waals surface area contributed by atoms with Crippen molar-refractivity contribution in [3.8, 4) is 0 Å². The lowest BCUT2D eigenvalue weighted by Crippen LogP contribution is -2.44. The van der Waals surface area contributed by atoms with E-state index in [1.54, 1.807) is 19.5 Å². The van der Waals surface area contributed by atoms with E-state index in [1.807, 2.05) is 5.06 Å². The van der Waals surface area contributed by atoms with Crippen molar-refractivity contribution >= 4 is 0 Å². The van der Waals surface area contributed by atoms with Gasteiger partial charge in [0.2, 0.25) is 0 Å². The van der Waals surface area contributed by atoms with Crippen molar-refractivity contribution in [1.29, 1.82) is 0 Å². The fraction of sp³-hybridized carbons (Fsp3) is 0.636. The molecule has 1 aromatic rings. The first-order valence-electron chi connectivity index (χ1n) is 5.08. The molecule has 0 bridgehead atoms. The molecule has 0 amide bonds. The van der Waals surface area contributed by atoms with Crippen molar-refractivity contribution in [2.24, 2.45) is 0 Å². The highest BCUT2D eigenvalue weighted by molar-refractivity contribution is 5.31. The van der Waals surface area contributed by atoms with Gasteiger partial charge >= 0.3 is 0 Å². The average Bonchev–Trinajstić information content (AvgIpc) is 2.32. The molecule has 82 valence electrons. The molecule has 0 fully saturated rings. The molecule has 2 heterocycles. The standard InChI is InChI=1S/C11H17N3O/c1-10(2)8-9(13-7-6-12-8)11(3,4)14(10)15-5/h6-7H,1-5H3. The third kappa shape index (κ3) is 1.21. The van der Waals surface area contributed by atoms with Gasteiger partial charge in [-0.25, -0.2) is 0 Å². The highest BCUT2D eigenvalue weighted by atomic mass is 16.7. The fourth-order valence-electron chi connectivity index (χ4n) is 2.58. The number of hydrogen-bond donors (Lipinski definition) is 0. The Morgan fingerprint density at radius 1 is 1.00 bits per heavy atom. The Labute approximate surface area is 90.2 Å². The van der Waals surface area contributed by atoms with Crippen LogP contribution >= 0.6 is 0 Å². The summed E-state index contributed by atoms with van der Waals surface area (Å²) in [7, 11) is 1.69. The Hall–Kier alpha value is -1.00. The molecular formula is C11H17N3O. The molecule has 4 heteroatoms. The molecule has 4 nitrogen and oxygen atoms in total. The van der Waals surface area contributed by atoms with Crippen LogP contribution in [-0.4, -0.2) is 22.1 Å². The van der Waals surface area contributed by atoms with Crippen molar-refractivity contribution in [3.63, 3.8) is 0 Å². The van der Waals surface area contributed by atoms with Crippen molar-refractivity contribution in [1.82, 2.24) is 15.0 Å². The molecule has 0 N–H and O–H groups in total. The van der Waals surface area contributed by atoms with Crippen LogP contribution in [0, 0.1) is 0 Å². The van der Waals surface area contributed by atoms with Gasteiger partial charge in [-0.3, -0.25) is 9.97 Å². The van der Waals surface area contributed by atoms with Gasteiger partial charge in [0.1, 0.15) is 0 Å². The van der Waals surface area contributed by atoms with Crippen molar-refractivity contribution in [2.45, 2.75) is 38.8 Å². The lowest BCUT2D eigenvalue weighted by atomic mass is 10.0. The molecule has 0 aliphatic carbocycles. The minimum Gasteiger partial charge on any atom is -0.300 e. The molecule has 0 saturated heterocycles. The molecular weight excluding hydrogens is 190 g/mol. The quantitative estimate of drug-likeness (QED) is 0.704. The Balaban J connectivity index is 2.65. The van der Waals surface area contributed by atoms with E-state index in [0.717, 1.165) is 11.4 Å². The maximum Gasteiger partial charge on any atom is 0.0859 e. The van der Waals surface area contributed by atoms with Crippen LogP contribution in [0.5, 0.6) is 0 Å². The van der Waals surface area contributed by atoms with E-state index in [2.05, 4.69) is 37.7 Å². The summed E-state index contributed by atoms with van der Waals surface area (Å²) in [5, 5.41) is 1.95. The van der Waals surface area contributed by atoms with Gasteiger partial charge in [0.15, 0.2) is 0 Å². The summed E-state index contributed by atoms with van der Waals surface area (Å²) in [6.07, 6.45) is 3.46. The molecule has 15 heavy (non-hydrogen) atoms. The molecule has 2 rings (SSSR count). The molecule has 0 spiro atoms. The molecule has 0 saturated carbocycles. The SMILES string of the molecule is CON1C(C)(C)c2nccnc2C1(C)C. The summed E-state index contributed by atoms with van der Waals surface area (Å²) >= 11 is 0. The zero-order chi connectivity index (χ0) is 11.3. The number of rotatable bonds is 1. The van der Waals surface area contributed by atoms with Gasteiger partial charge < -0.3 is 4.84 Å². The number of hydrogen-bond acceptors (Lipinski definition) is 4. The molecule has 0 aromatic carbocycles. The maximum atomic E-state index is 5.48. The zero-order valence-electron chi connectivity index (χ0n) is 9.90. The van der Waals surface area contributed by atoms with Gasteiger partial charge in [-0.1, -0.05) is 0 Å². The Morgan fingerprint density at radius 2 is 1.40 bits per heavy atom.